The zero-order chi connectivity index (χ0) is 9.80. The molecule has 0 saturated heterocycles. The van der Waals surface area contributed by atoms with Crippen LogP contribution in [0.5, 0.6) is 0 Å². The predicted octanol–water partition coefficient (Wildman–Crippen LogP) is 1.73. The summed E-state index contributed by atoms with van der Waals surface area (Å²) in [5.41, 5.74) is 2.03. The Labute approximate surface area is 81.0 Å². The maximum atomic E-state index is 12.6. The topological polar surface area (TPSA) is 41.6 Å². The summed E-state index contributed by atoms with van der Waals surface area (Å²) in [6.07, 6.45) is 3.37. The average Bonchev–Trinajstić information content (AvgIpc) is 2.70. The highest BCUT2D eigenvalue weighted by Gasteiger charge is 1.98. The van der Waals surface area contributed by atoms with E-state index in [0.717, 1.165) is 24.1 Å². The van der Waals surface area contributed by atoms with Crippen molar-refractivity contribution in [2.24, 2.45) is 0 Å². The molecule has 0 unspecified atom stereocenters. The predicted molar refractivity (Wildman–Crippen MR) is 50.2 cm³/mol. The molecule has 1 heterocycles. The van der Waals surface area contributed by atoms with Gasteiger partial charge in [-0.25, -0.2) is 4.39 Å². The molecular formula is C10H10FN3. The standard InChI is InChI=1S/C10H10FN3/c11-9-4-1-8(2-5-9)3-6-10-7-12-14-13-10/h1-2,4-5,7H,3,6H2,(H,12,13,14). The van der Waals surface area contributed by atoms with Gasteiger partial charge in [0.25, 0.3) is 0 Å². The van der Waals surface area contributed by atoms with Crippen LogP contribution in [0.3, 0.4) is 0 Å². The maximum absolute atomic E-state index is 12.6. The van der Waals surface area contributed by atoms with E-state index >= 15 is 0 Å². The molecule has 0 aliphatic carbocycles. The van der Waals surface area contributed by atoms with Gasteiger partial charge in [-0.2, -0.15) is 15.4 Å². The number of nitrogens with zero attached hydrogens (tertiary/aromatic N) is 2. The Hall–Kier alpha value is -1.71. The summed E-state index contributed by atoms with van der Waals surface area (Å²) in [5.74, 6) is -0.199. The number of aromatic amines is 1. The van der Waals surface area contributed by atoms with Crippen LogP contribution < -0.4 is 0 Å². The van der Waals surface area contributed by atoms with Crippen LogP contribution in [-0.2, 0) is 12.8 Å². The third-order valence-corrected chi connectivity index (χ3v) is 2.05. The first-order valence-electron chi connectivity index (χ1n) is 4.44. The molecule has 4 heteroatoms. The van der Waals surface area contributed by atoms with Crippen LogP contribution in [0.2, 0.25) is 0 Å². The van der Waals surface area contributed by atoms with E-state index in [1.54, 1.807) is 18.3 Å². The Morgan fingerprint density at radius 3 is 2.57 bits per heavy atom. The van der Waals surface area contributed by atoms with Crippen molar-refractivity contribution in [2.75, 3.05) is 0 Å². The fraction of sp³-hybridized carbons (Fsp3) is 0.200. The van der Waals surface area contributed by atoms with Crippen molar-refractivity contribution in [2.45, 2.75) is 12.8 Å². The lowest BCUT2D eigenvalue weighted by molar-refractivity contribution is 0.627. The Morgan fingerprint density at radius 1 is 1.14 bits per heavy atom. The van der Waals surface area contributed by atoms with E-state index in [1.807, 2.05) is 0 Å². The van der Waals surface area contributed by atoms with Gasteiger partial charge in [0.2, 0.25) is 0 Å². The van der Waals surface area contributed by atoms with Crippen LogP contribution in [0, 0.1) is 5.82 Å². The molecule has 72 valence electrons. The SMILES string of the molecule is Fc1ccc(CCc2cn[nH]n2)cc1. The number of hydrogen-bond donors (Lipinski definition) is 1. The van der Waals surface area contributed by atoms with Crippen LogP contribution in [0.4, 0.5) is 4.39 Å². The number of benzene rings is 1. The molecule has 1 aromatic heterocycles. The minimum absolute atomic E-state index is 0.199. The molecule has 0 fully saturated rings. The average molecular weight is 191 g/mol. The molecule has 3 nitrogen and oxygen atoms in total. The van der Waals surface area contributed by atoms with E-state index in [-0.39, 0.29) is 5.82 Å². The molecule has 2 aromatic rings. The van der Waals surface area contributed by atoms with Crippen molar-refractivity contribution in [1.29, 1.82) is 0 Å². The molecule has 0 radical (unpaired) electrons. The molecule has 14 heavy (non-hydrogen) atoms. The largest absolute Gasteiger partial charge is 0.207 e. The van der Waals surface area contributed by atoms with Gasteiger partial charge >= 0.3 is 0 Å². The van der Waals surface area contributed by atoms with Gasteiger partial charge in [0.15, 0.2) is 0 Å². The number of hydrogen-bond acceptors (Lipinski definition) is 2. The molecule has 0 aliphatic heterocycles. The Morgan fingerprint density at radius 2 is 1.93 bits per heavy atom. The zero-order valence-electron chi connectivity index (χ0n) is 7.57. The molecule has 0 atom stereocenters. The van der Waals surface area contributed by atoms with Gasteiger partial charge < -0.3 is 0 Å². The first-order valence-corrected chi connectivity index (χ1v) is 4.44. The van der Waals surface area contributed by atoms with Crippen LogP contribution in [0.1, 0.15) is 11.3 Å². The summed E-state index contributed by atoms with van der Waals surface area (Å²) in [6, 6.07) is 6.51. The molecule has 1 N–H and O–H groups in total. The summed E-state index contributed by atoms with van der Waals surface area (Å²) in [5, 5.41) is 10.2. The second kappa shape index (κ2) is 4.00. The van der Waals surface area contributed by atoms with E-state index < -0.39 is 0 Å². The van der Waals surface area contributed by atoms with Gasteiger partial charge in [-0.05, 0) is 30.5 Å². The molecule has 0 amide bonds. The molecule has 2 rings (SSSR count). The minimum atomic E-state index is -0.199. The van der Waals surface area contributed by atoms with Crippen LogP contribution in [0.15, 0.2) is 30.5 Å². The summed E-state index contributed by atoms with van der Waals surface area (Å²) in [4.78, 5) is 0. The highest BCUT2D eigenvalue weighted by molar-refractivity contribution is 5.17. The van der Waals surface area contributed by atoms with Gasteiger partial charge in [-0.15, -0.1) is 0 Å². The molecule has 0 saturated carbocycles. The first-order chi connectivity index (χ1) is 6.84. The van der Waals surface area contributed by atoms with Crippen molar-refractivity contribution in [3.63, 3.8) is 0 Å². The molecular weight excluding hydrogens is 181 g/mol. The van der Waals surface area contributed by atoms with Crippen LogP contribution in [-0.4, -0.2) is 15.4 Å². The van der Waals surface area contributed by atoms with Gasteiger partial charge in [-0.1, -0.05) is 12.1 Å². The van der Waals surface area contributed by atoms with Gasteiger partial charge in [0.1, 0.15) is 5.82 Å². The normalized spacial score (nSPS) is 10.4. The highest BCUT2D eigenvalue weighted by atomic mass is 19.1. The van der Waals surface area contributed by atoms with E-state index in [9.17, 15) is 4.39 Å². The quantitative estimate of drug-likeness (QED) is 0.802. The number of halogens is 1. The van der Waals surface area contributed by atoms with Crippen molar-refractivity contribution < 1.29 is 4.39 Å². The van der Waals surface area contributed by atoms with Gasteiger partial charge in [0.05, 0.1) is 11.9 Å². The zero-order valence-corrected chi connectivity index (χ0v) is 7.57. The lowest BCUT2D eigenvalue weighted by Crippen LogP contribution is -1.91. The Bertz CT molecular complexity index is 380. The number of aromatic nitrogens is 3. The van der Waals surface area contributed by atoms with Crippen LogP contribution in [0.25, 0.3) is 0 Å². The number of rotatable bonds is 3. The Kier molecular flexibility index (Phi) is 2.53. The summed E-state index contributed by atoms with van der Waals surface area (Å²) in [6.45, 7) is 0. The third-order valence-electron chi connectivity index (χ3n) is 2.05. The second-order valence-corrected chi connectivity index (χ2v) is 3.09. The van der Waals surface area contributed by atoms with Crippen molar-refractivity contribution in [3.8, 4) is 0 Å². The molecule has 0 bridgehead atoms. The first kappa shape index (κ1) is 8.87. The summed E-state index contributed by atoms with van der Waals surface area (Å²) in [7, 11) is 0. The maximum Gasteiger partial charge on any atom is 0.123 e. The number of aryl methyl sites for hydroxylation is 2. The summed E-state index contributed by atoms with van der Waals surface area (Å²) >= 11 is 0. The van der Waals surface area contributed by atoms with E-state index in [4.69, 9.17) is 0 Å². The monoisotopic (exact) mass is 191 g/mol. The molecule has 0 spiro atoms. The lowest BCUT2D eigenvalue weighted by Gasteiger charge is -1.97. The van der Waals surface area contributed by atoms with E-state index in [1.165, 1.54) is 12.1 Å². The summed E-state index contributed by atoms with van der Waals surface area (Å²) < 4.78 is 12.6. The Balaban J connectivity index is 1.95. The number of H-pyrrole nitrogens is 1. The molecule has 0 aliphatic rings. The van der Waals surface area contributed by atoms with E-state index in [2.05, 4.69) is 15.4 Å². The second-order valence-electron chi connectivity index (χ2n) is 3.09. The minimum Gasteiger partial charge on any atom is -0.207 e. The van der Waals surface area contributed by atoms with Crippen molar-refractivity contribution >= 4 is 0 Å². The van der Waals surface area contributed by atoms with Crippen molar-refractivity contribution in [3.05, 3.63) is 47.5 Å². The van der Waals surface area contributed by atoms with E-state index in [0.29, 0.717) is 0 Å². The number of nitrogens with one attached hydrogen (secondary N) is 1. The third kappa shape index (κ3) is 2.16. The van der Waals surface area contributed by atoms with Gasteiger partial charge in [-0.3, -0.25) is 0 Å². The smallest absolute Gasteiger partial charge is 0.123 e. The molecule has 1 aromatic carbocycles. The fourth-order valence-electron chi connectivity index (χ4n) is 1.27. The fourth-order valence-corrected chi connectivity index (χ4v) is 1.27. The van der Waals surface area contributed by atoms with Crippen molar-refractivity contribution in [1.82, 2.24) is 15.4 Å². The van der Waals surface area contributed by atoms with Crippen LogP contribution >= 0.6 is 0 Å². The highest BCUT2D eigenvalue weighted by Crippen LogP contribution is 2.05. The van der Waals surface area contributed by atoms with Gasteiger partial charge in [0, 0.05) is 0 Å². The lowest BCUT2D eigenvalue weighted by atomic mass is 10.1.